The largest absolute Gasteiger partial charge is 0.326 e. The maximum Gasteiger partial charge on any atom is 0.243 e. The second-order valence-corrected chi connectivity index (χ2v) is 7.59. The third-order valence-electron chi connectivity index (χ3n) is 3.39. The van der Waals surface area contributed by atoms with E-state index in [1.165, 1.54) is 9.87 Å². The maximum absolute atomic E-state index is 12.4. The Labute approximate surface area is 127 Å². The van der Waals surface area contributed by atoms with E-state index in [-0.39, 0.29) is 18.4 Å². The van der Waals surface area contributed by atoms with Crippen LogP contribution in [0.25, 0.3) is 0 Å². The summed E-state index contributed by atoms with van der Waals surface area (Å²) in [7, 11) is -3.36. The van der Waals surface area contributed by atoms with Gasteiger partial charge < -0.3 is 5.73 Å². The number of rotatable bonds is 4. The average molecular weight is 319 g/mol. The van der Waals surface area contributed by atoms with Crippen LogP contribution in [0.15, 0.2) is 29.2 Å². The van der Waals surface area contributed by atoms with Crippen LogP contribution in [0.4, 0.5) is 0 Å². The highest BCUT2D eigenvalue weighted by atomic mass is 35.5. The van der Waals surface area contributed by atoms with Gasteiger partial charge in [-0.2, -0.15) is 4.31 Å². The lowest BCUT2D eigenvalue weighted by molar-refractivity contribution is 0.472. The smallest absolute Gasteiger partial charge is 0.243 e. The summed E-state index contributed by atoms with van der Waals surface area (Å²) >= 11 is 0. The lowest BCUT2D eigenvalue weighted by atomic mass is 10.0. The zero-order chi connectivity index (χ0) is 14.0. The predicted octanol–water partition coefficient (Wildman–Crippen LogP) is 2.03. The van der Waals surface area contributed by atoms with Gasteiger partial charge in [0.2, 0.25) is 10.0 Å². The fourth-order valence-electron chi connectivity index (χ4n) is 2.39. The van der Waals surface area contributed by atoms with Gasteiger partial charge in [0.1, 0.15) is 0 Å². The van der Waals surface area contributed by atoms with Gasteiger partial charge in [0.15, 0.2) is 0 Å². The Balaban J connectivity index is 0.00000200. The van der Waals surface area contributed by atoms with E-state index in [9.17, 15) is 8.42 Å². The molecule has 1 aliphatic rings. The van der Waals surface area contributed by atoms with Gasteiger partial charge in [-0.25, -0.2) is 8.42 Å². The van der Waals surface area contributed by atoms with Gasteiger partial charge in [-0.3, -0.25) is 0 Å². The van der Waals surface area contributed by atoms with Crippen molar-refractivity contribution in [3.63, 3.8) is 0 Å². The molecule has 0 unspecified atom stereocenters. The Morgan fingerprint density at radius 2 is 1.90 bits per heavy atom. The fraction of sp³-hybridized carbons (Fsp3) is 0.571. The van der Waals surface area contributed by atoms with Crippen LogP contribution >= 0.6 is 12.4 Å². The molecule has 1 aromatic rings. The zero-order valence-electron chi connectivity index (χ0n) is 12.0. The molecule has 20 heavy (non-hydrogen) atoms. The SMILES string of the molecule is CC(C)Cc1ccc(S(=O)(=O)N2CC[C@H](N)C2)cc1.Cl. The second-order valence-electron chi connectivity index (χ2n) is 5.65. The fourth-order valence-corrected chi connectivity index (χ4v) is 3.90. The molecular weight excluding hydrogens is 296 g/mol. The molecule has 2 N–H and O–H groups in total. The number of hydrogen-bond acceptors (Lipinski definition) is 3. The number of nitrogens with zero attached hydrogens (tertiary/aromatic N) is 1. The molecule has 2 rings (SSSR count). The van der Waals surface area contributed by atoms with Crippen molar-refractivity contribution in [1.29, 1.82) is 0 Å². The van der Waals surface area contributed by atoms with Gasteiger partial charge in [-0.1, -0.05) is 26.0 Å². The molecule has 0 radical (unpaired) electrons. The lowest BCUT2D eigenvalue weighted by Crippen LogP contribution is -2.31. The van der Waals surface area contributed by atoms with Crippen molar-refractivity contribution in [1.82, 2.24) is 4.31 Å². The van der Waals surface area contributed by atoms with E-state index in [0.29, 0.717) is 23.9 Å². The van der Waals surface area contributed by atoms with Crippen molar-refractivity contribution in [3.8, 4) is 0 Å². The molecular formula is C14H23ClN2O2S. The van der Waals surface area contributed by atoms with Crippen LogP contribution in [-0.2, 0) is 16.4 Å². The quantitative estimate of drug-likeness (QED) is 0.924. The summed E-state index contributed by atoms with van der Waals surface area (Å²) in [4.78, 5) is 0.370. The van der Waals surface area contributed by atoms with E-state index in [4.69, 9.17) is 5.73 Å². The van der Waals surface area contributed by atoms with E-state index in [0.717, 1.165) is 12.8 Å². The molecule has 1 atom stereocenters. The van der Waals surface area contributed by atoms with E-state index in [2.05, 4.69) is 13.8 Å². The predicted molar refractivity (Wildman–Crippen MR) is 83.6 cm³/mol. The molecule has 6 heteroatoms. The molecule has 1 heterocycles. The third kappa shape index (κ3) is 3.95. The minimum Gasteiger partial charge on any atom is -0.326 e. The van der Waals surface area contributed by atoms with Gasteiger partial charge in [-0.05, 0) is 36.5 Å². The van der Waals surface area contributed by atoms with Crippen LogP contribution in [0, 0.1) is 5.92 Å². The molecule has 1 saturated heterocycles. The summed E-state index contributed by atoms with van der Waals surface area (Å²) in [6, 6.07) is 7.19. The van der Waals surface area contributed by atoms with Crippen LogP contribution in [0.3, 0.4) is 0 Å². The highest BCUT2D eigenvalue weighted by molar-refractivity contribution is 7.89. The summed E-state index contributed by atoms with van der Waals surface area (Å²) in [5, 5.41) is 0. The molecule has 1 aliphatic heterocycles. The Hall–Kier alpha value is -0.620. The first-order valence-electron chi connectivity index (χ1n) is 6.74. The van der Waals surface area contributed by atoms with Gasteiger partial charge in [0, 0.05) is 19.1 Å². The minimum atomic E-state index is -3.36. The van der Waals surface area contributed by atoms with Crippen molar-refractivity contribution in [2.75, 3.05) is 13.1 Å². The van der Waals surface area contributed by atoms with Gasteiger partial charge in [0.25, 0.3) is 0 Å². The highest BCUT2D eigenvalue weighted by Crippen LogP contribution is 2.21. The number of sulfonamides is 1. The molecule has 0 spiro atoms. The molecule has 4 nitrogen and oxygen atoms in total. The molecule has 0 aliphatic carbocycles. The molecule has 1 fully saturated rings. The standard InChI is InChI=1S/C14H22N2O2S.ClH/c1-11(2)9-12-3-5-14(6-4-12)19(17,18)16-8-7-13(15)10-16;/h3-6,11,13H,7-10,15H2,1-2H3;1H/t13-;/m0./s1. The van der Waals surface area contributed by atoms with Crippen molar-refractivity contribution in [2.45, 2.75) is 37.6 Å². The average Bonchev–Trinajstić information content (AvgIpc) is 2.76. The third-order valence-corrected chi connectivity index (χ3v) is 5.27. The van der Waals surface area contributed by atoms with Gasteiger partial charge in [-0.15, -0.1) is 12.4 Å². The summed E-state index contributed by atoms with van der Waals surface area (Å²) in [6.07, 6.45) is 1.71. The number of halogens is 1. The van der Waals surface area contributed by atoms with Crippen LogP contribution in [-0.4, -0.2) is 31.9 Å². The van der Waals surface area contributed by atoms with Gasteiger partial charge in [0.05, 0.1) is 4.90 Å². The van der Waals surface area contributed by atoms with E-state index < -0.39 is 10.0 Å². The van der Waals surface area contributed by atoms with Crippen LogP contribution in [0.2, 0.25) is 0 Å². The monoisotopic (exact) mass is 318 g/mol. The highest BCUT2D eigenvalue weighted by Gasteiger charge is 2.30. The van der Waals surface area contributed by atoms with Crippen LogP contribution in [0.5, 0.6) is 0 Å². The van der Waals surface area contributed by atoms with Crippen molar-refractivity contribution in [3.05, 3.63) is 29.8 Å². The van der Waals surface area contributed by atoms with Crippen LogP contribution < -0.4 is 5.73 Å². The Bertz CT molecular complexity index is 529. The molecule has 0 amide bonds. The Kier molecular flexibility index (Phi) is 6.01. The van der Waals surface area contributed by atoms with Crippen molar-refractivity contribution in [2.24, 2.45) is 11.7 Å². The van der Waals surface area contributed by atoms with Gasteiger partial charge >= 0.3 is 0 Å². The molecule has 0 aromatic heterocycles. The number of benzene rings is 1. The number of nitrogens with two attached hydrogens (primary N) is 1. The molecule has 114 valence electrons. The maximum atomic E-state index is 12.4. The molecule has 0 saturated carbocycles. The Morgan fingerprint density at radius 3 is 2.35 bits per heavy atom. The topological polar surface area (TPSA) is 63.4 Å². The first-order chi connectivity index (χ1) is 8.89. The first-order valence-corrected chi connectivity index (χ1v) is 8.18. The zero-order valence-corrected chi connectivity index (χ0v) is 13.6. The Morgan fingerprint density at radius 1 is 1.30 bits per heavy atom. The normalized spacial score (nSPS) is 20.1. The molecule has 1 aromatic carbocycles. The first kappa shape index (κ1) is 17.4. The number of hydrogen-bond donors (Lipinski definition) is 1. The summed E-state index contributed by atoms with van der Waals surface area (Å²) in [6.45, 7) is 5.25. The van der Waals surface area contributed by atoms with Crippen molar-refractivity contribution >= 4 is 22.4 Å². The second kappa shape index (κ2) is 6.89. The minimum absolute atomic E-state index is 0. The van der Waals surface area contributed by atoms with E-state index in [1.54, 1.807) is 12.1 Å². The van der Waals surface area contributed by atoms with E-state index in [1.807, 2.05) is 12.1 Å². The molecule has 0 bridgehead atoms. The van der Waals surface area contributed by atoms with Crippen LogP contribution in [0.1, 0.15) is 25.8 Å². The summed E-state index contributed by atoms with van der Waals surface area (Å²) < 4.78 is 26.2. The van der Waals surface area contributed by atoms with Crippen molar-refractivity contribution < 1.29 is 8.42 Å². The summed E-state index contributed by atoms with van der Waals surface area (Å²) in [5.41, 5.74) is 6.95. The van der Waals surface area contributed by atoms with E-state index >= 15 is 0 Å². The summed E-state index contributed by atoms with van der Waals surface area (Å²) in [5.74, 6) is 0.569. The lowest BCUT2D eigenvalue weighted by Gasteiger charge is -2.16.